The molecule has 1 unspecified atom stereocenters. The minimum atomic E-state index is -5.15. The van der Waals surface area contributed by atoms with Crippen LogP contribution in [0.15, 0.2) is 0 Å². The number of nitrogens with zero attached hydrogens (tertiary/aromatic N) is 1. The first kappa shape index (κ1) is 19.1. The monoisotopic (exact) mass is 323 g/mol. The zero-order chi connectivity index (χ0) is 16.2. The molecule has 0 saturated carbocycles. The summed E-state index contributed by atoms with van der Waals surface area (Å²) < 4.78 is 78.4. The van der Waals surface area contributed by atoms with Gasteiger partial charge in [0.1, 0.15) is 6.54 Å². The van der Waals surface area contributed by atoms with Gasteiger partial charge in [-0.05, 0) is 13.8 Å². The van der Waals surface area contributed by atoms with Gasteiger partial charge in [-0.25, -0.2) is 12.8 Å². The number of sulfonamides is 1. The number of hydrogen-bond donors (Lipinski definition) is 0. The summed E-state index contributed by atoms with van der Waals surface area (Å²) in [5.41, 5.74) is -3.61. The molecule has 0 fully saturated rings. The first-order valence-corrected chi connectivity index (χ1v) is 7.29. The second kappa shape index (κ2) is 6.70. The van der Waals surface area contributed by atoms with E-state index in [0.717, 1.165) is 7.05 Å². The first-order chi connectivity index (χ1) is 8.83. The lowest BCUT2D eigenvalue weighted by molar-refractivity contribution is -0.224. The summed E-state index contributed by atoms with van der Waals surface area (Å²) in [7, 11) is -3.17. The molecule has 0 aliphatic heterocycles. The molecule has 0 spiro atoms. The standard InChI is InChI=1S/C10H17F4NO4S/c1-4-19-8(16)7-15(3)20(17,18)6-5-9(2,11)10(12,13)14/h4-7H2,1-3H3. The van der Waals surface area contributed by atoms with Gasteiger partial charge in [0, 0.05) is 13.5 Å². The van der Waals surface area contributed by atoms with Gasteiger partial charge in [0.05, 0.1) is 12.4 Å². The predicted molar refractivity (Wildman–Crippen MR) is 63.2 cm³/mol. The van der Waals surface area contributed by atoms with Crippen LogP contribution in [0.25, 0.3) is 0 Å². The molecule has 0 bridgehead atoms. The van der Waals surface area contributed by atoms with Crippen molar-refractivity contribution >= 4 is 16.0 Å². The van der Waals surface area contributed by atoms with Crippen LogP contribution >= 0.6 is 0 Å². The van der Waals surface area contributed by atoms with Crippen LogP contribution in [0, 0.1) is 0 Å². The molecule has 0 radical (unpaired) electrons. The molecule has 0 amide bonds. The molecule has 120 valence electrons. The lowest BCUT2D eigenvalue weighted by atomic mass is 10.1. The fourth-order valence-corrected chi connectivity index (χ4v) is 2.36. The van der Waals surface area contributed by atoms with Gasteiger partial charge in [0.25, 0.3) is 0 Å². The highest BCUT2D eigenvalue weighted by Gasteiger charge is 2.52. The lowest BCUT2D eigenvalue weighted by Crippen LogP contribution is -2.42. The van der Waals surface area contributed by atoms with Crippen molar-refractivity contribution in [3.8, 4) is 0 Å². The Morgan fingerprint density at radius 3 is 2.15 bits per heavy atom. The third-order valence-corrected chi connectivity index (χ3v) is 4.35. The average molecular weight is 323 g/mol. The topological polar surface area (TPSA) is 63.7 Å². The molecule has 20 heavy (non-hydrogen) atoms. The van der Waals surface area contributed by atoms with E-state index in [0.29, 0.717) is 4.31 Å². The Morgan fingerprint density at radius 1 is 1.25 bits per heavy atom. The summed E-state index contributed by atoms with van der Waals surface area (Å²) >= 11 is 0. The zero-order valence-corrected chi connectivity index (χ0v) is 12.1. The van der Waals surface area contributed by atoms with Gasteiger partial charge in [-0.2, -0.15) is 17.5 Å². The Labute approximate surface area is 114 Å². The molecule has 0 aromatic carbocycles. The number of esters is 1. The van der Waals surface area contributed by atoms with Crippen molar-refractivity contribution in [2.75, 3.05) is 26.0 Å². The highest BCUT2D eigenvalue weighted by molar-refractivity contribution is 7.89. The van der Waals surface area contributed by atoms with Crippen molar-refractivity contribution in [3.05, 3.63) is 0 Å². The second-order valence-electron chi connectivity index (χ2n) is 4.32. The molecular weight excluding hydrogens is 306 g/mol. The number of carbonyl (C=O) groups is 1. The molecule has 0 aliphatic rings. The van der Waals surface area contributed by atoms with Crippen LogP contribution in [0.3, 0.4) is 0 Å². The normalized spacial score (nSPS) is 16.0. The minimum Gasteiger partial charge on any atom is -0.465 e. The van der Waals surface area contributed by atoms with E-state index in [-0.39, 0.29) is 13.5 Å². The van der Waals surface area contributed by atoms with Gasteiger partial charge in [0.2, 0.25) is 15.7 Å². The van der Waals surface area contributed by atoms with E-state index in [1.165, 1.54) is 6.92 Å². The summed E-state index contributed by atoms with van der Waals surface area (Å²) in [6.45, 7) is 1.20. The van der Waals surface area contributed by atoms with Crippen LogP contribution in [0.1, 0.15) is 20.3 Å². The molecule has 0 heterocycles. The van der Waals surface area contributed by atoms with Crippen LogP contribution in [0.4, 0.5) is 17.6 Å². The number of ether oxygens (including phenoxy) is 1. The Bertz CT molecular complexity index is 433. The van der Waals surface area contributed by atoms with Gasteiger partial charge in [0.15, 0.2) is 0 Å². The molecule has 1 atom stereocenters. The number of rotatable bonds is 7. The van der Waals surface area contributed by atoms with E-state index in [2.05, 4.69) is 4.74 Å². The maximum Gasteiger partial charge on any atom is 0.422 e. The lowest BCUT2D eigenvalue weighted by Gasteiger charge is -2.24. The number of halogens is 4. The van der Waals surface area contributed by atoms with Crippen molar-refractivity contribution in [1.29, 1.82) is 0 Å². The molecule has 10 heteroatoms. The van der Waals surface area contributed by atoms with Crippen LogP contribution in [-0.4, -0.2) is 56.5 Å². The SMILES string of the molecule is CCOC(=O)CN(C)S(=O)(=O)CCC(C)(F)C(F)(F)F. The summed E-state index contributed by atoms with van der Waals surface area (Å²) in [6.07, 6.45) is -6.39. The number of hydrogen-bond acceptors (Lipinski definition) is 4. The van der Waals surface area contributed by atoms with Crippen molar-refractivity contribution in [2.24, 2.45) is 0 Å². The summed E-state index contributed by atoms with van der Waals surface area (Å²) in [5.74, 6) is -1.90. The van der Waals surface area contributed by atoms with Crippen LogP contribution in [0.2, 0.25) is 0 Å². The summed E-state index contributed by atoms with van der Waals surface area (Å²) in [5, 5.41) is 0. The predicted octanol–water partition coefficient (Wildman–Crippen LogP) is 1.49. The van der Waals surface area contributed by atoms with Crippen molar-refractivity contribution < 1.29 is 35.5 Å². The van der Waals surface area contributed by atoms with Crippen LogP contribution in [-0.2, 0) is 19.6 Å². The smallest absolute Gasteiger partial charge is 0.422 e. The van der Waals surface area contributed by atoms with Gasteiger partial charge < -0.3 is 4.74 Å². The van der Waals surface area contributed by atoms with Gasteiger partial charge in [-0.15, -0.1) is 0 Å². The van der Waals surface area contributed by atoms with Gasteiger partial charge >= 0.3 is 12.1 Å². The Morgan fingerprint density at radius 2 is 1.75 bits per heavy atom. The average Bonchev–Trinajstić information content (AvgIpc) is 2.25. The Kier molecular flexibility index (Phi) is 6.40. The van der Waals surface area contributed by atoms with Crippen molar-refractivity contribution in [3.63, 3.8) is 0 Å². The molecule has 5 nitrogen and oxygen atoms in total. The molecule has 0 aliphatic carbocycles. The fourth-order valence-electron chi connectivity index (χ4n) is 1.11. The molecular formula is C10H17F4NO4S. The summed E-state index contributed by atoms with van der Waals surface area (Å²) in [4.78, 5) is 11.1. The highest BCUT2D eigenvalue weighted by atomic mass is 32.2. The van der Waals surface area contributed by atoms with E-state index in [1.807, 2.05) is 0 Å². The number of carbonyl (C=O) groups excluding carboxylic acids is 1. The van der Waals surface area contributed by atoms with Gasteiger partial charge in [-0.1, -0.05) is 0 Å². The van der Waals surface area contributed by atoms with E-state index < -0.39 is 46.6 Å². The van der Waals surface area contributed by atoms with E-state index in [9.17, 15) is 30.8 Å². The second-order valence-corrected chi connectivity index (χ2v) is 6.52. The van der Waals surface area contributed by atoms with Crippen molar-refractivity contribution in [2.45, 2.75) is 32.1 Å². The zero-order valence-electron chi connectivity index (χ0n) is 11.3. The molecule has 0 N–H and O–H groups in total. The fraction of sp³-hybridized carbons (Fsp3) is 0.900. The highest BCUT2D eigenvalue weighted by Crippen LogP contribution is 2.36. The maximum absolute atomic E-state index is 13.3. The third kappa shape index (κ3) is 5.61. The number of likely N-dealkylation sites (N-methyl/N-ethyl adjacent to an activating group) is 1. The number of alkyl halides is 4. The Hall–Kier alpha value is -0.900. The minimum absolute atomic E-state index is 0.0450. The van der Waals surface area contributed by atoms with Crippen LogP contribution < -0.4 is 0 Å². The third-order valence-electron chi connectivity index (χ3n) is 2.55. The van der Waals surface area contributed by atoms with Gasteiger partial charge in [-0.3, -0.25) is 4.79 Å². The van der Waals surface area contributed by atoms with Crippen LogP contribution in [0.5, 0.6) is 0 Å². The summed E-state index contributed by atoms with van der Waals surface area (Å²) in [6, 6.07) is 0. The molecule has 0 aromatic heterocycles. The van der Waals surface area contributed by atoms with E-state index in [4.69, 9.17) is 0 Å². The molecule has 0 aromatic rings. The molecule has 0 rings (SSSR count). The maximum atomic E-state index is 13.3. The Balaban J connectivity index is 4.65. The first-order valence-electron chi connectivity index (χ1n) is 5.69. The largest absolute Gasteiger partial charge is 0.465 e. The van der Waals surface area contributed by atoms with Crippen molar-refractivity contribution in [1.82, 2.24) is 4.31 Å². The quantitative estimate of drug-likeness (QED) is 0.526. The van der Waals surface area contributed by atoms with E-state index >= 15 is 0 Å². The molecule has 0 saturated heterocycles. The van der Waals surface area contributed by atoms with E-state index in [1.54, 1.807) is 0 Å².